The number of hydrogen-bond acceptors (Lipinski definition) is 4. The summed E-state index contributed by atoms with van der Waals surface area (Å²) in [7, 11) is 0. The molecular formula is C22H23N3O4. The van der Waals surface area contributed by atoms with Crippen LogP contribution in [0.15, 0.2) is 48.5 Å². The first-order valence-corrected chi connectivity index (χ1v) is 9.83. The van der Waals surface area contributed by atoms with E-state index in [0.717, 1.165) is 32.4 Å². The van der Waals surface area contributed by atoms with Crippen molar-refractivity contribution in [3.63, 3.8) is 0 Å². The quantitative estimate of drug-likeness (QED) is 0.866. The Kier molecular flexibility index (Phi) is 5.46. The second kappa shape index (κ2) is 8.34. The number of likely N-dealkylation sites (tertiary alicyclic amines) is 1. The maximum absolute atomic E-state index is 12.7. The van der Waals surface area contributed by atoms with Crippen LogP contribution in [0.1, 0.15) is 29.6 Å². The number of hydrogen-bond donors (Lipinski definition) is 1. The molecule has 0 atom stereocenters. The molecule has 7 nitrogen and oxygen atoms in total. The van der Waals surface area contributed by atoms with Gasteiger partial charge < -0.3 is 15.0 Å². The van der Waals surface area contributed by atoms with E-state index in [1.54, 1.807) is 42.5 Å². The minimum Gasteiger partial charge on any atom is -0.482 e. The smallest absolute Gasteiger partial charge is 0.265 e. The van der Waals surface area contributed by atoms with E-state index in [0.29, 0.717) is 22.7 Å². The number of benzene rings is 2. The fraction of sp³-hybridized carbons (Fsp3) is 0.318. The summed E-state index contributed by atoms with van der Waals surface area (Å²) in [6.45, 7) is 1.34. The molecule has 0 spiro atoms. The molecule has 0 aromatic heterocycles. The highest BCUT2D eigenvalue weighted by Crippen LogP contribution is 2.34. The van der Waals surface area contributed by atoms with Gasteiger partial charge in [-0.15, -0.1) is 0 Å². The van der Waals surface area contributed by atoms with Gasteiger partial charge in [0.2, 0.25) is 5.91 Å². The van der Waals surface area contributed by atoms with Crippen molar-refractivity contribution in [3.05, 3.63) is 54.1 Å². The molecular weight excluding hydrogens is 370 g/mol. The van der Waals surface area contributed by atoms with Gasteiger partial charge in [0, 0.05) is 24.3 Å². The molecule has 2 aliphatic heterocycles. The van der Waals surface area contributed by atoms with Crippen molar-refractivity contribution in [3.8, 4) is 5.75 Å². The Labute approximate surface area is 169 Å². The number of ether oxygens (including phenoxy) is 1. The second-order valence-corrected chi connectivity index (χ2v) is 7.21. The van der Waals surface area contributed by atoms with Crippen molar-refractivity contribution >= 4 is 29.1 Å². The number of nitrogens with one attached hydrogen (secondary N) is 1. The van der Waals surface area contributed by atoms with Gasteiger partial charge in [0.25, 0.3) is 11.8 Å². The third kappa shape index (κ3) is 4.23. The predicted molar refractivity (Wildman–Crippen MR) is 109 cm³/mol. The molecule has 3 amide bonds. The van der Waals surface area contributed by atoms with Crippen LogP contribution in [0.25, 0.3) is 0 Å². The topological polar surface area (TPSA) is 79.0 Å². The summed E-state index contributed by atoms with van der Waals surface area (Å²) in [6, 6.07) is 14.0. The van der Waals surface area contributed by atoms with E-state index in [-0.39, 0.29) is 30.9 Å². The summed E-state index contributed by atoms with van der Waals surface area (Å²) >= 11 is 0. The van der Waals surface area contributed by atoms with E-state index >= 15 is 0 Å². The van der Waals surface area contributed by atoms with Crippen LogP contribution in [-0.4, -0.2) is 48.9 Å². The van der Waals surface area contributed by atoms with Crippen LogP contribution in [0.5, 0.6) is 5.75 Å². The highest BCUT2D eigenvalue weighted by Gasteiger charge is 2.29. The molecule has 150 valence electrons. The van der Waals surface area contributed by atoms with Gasteiger partial charge in [-0.1, -0.05) is 18.2 Å². The zero-order valence-electron chi connectivity index (χ0n) is 16.1. The molecule has 0 bridgehead atoms. The number of fused-ring (bicyclic) bond motifs is 1. The van der Waals surface area contributed by atoms with Crippen molar-refractivity contribution in [2.24, 2.45) is 0 Å². The highest BCUT2D eigenvalue weighted by molar-refractivity contribution is 6.06. The normalized spacial score (nSPS) is 16.1. The minimum atomic E-state index is -0.269. The molecule has 4 rings (SSSR count). The monoisotopic (exact) mass is 393 g/mol. The first-order valence-electron chi connectivity index (χ1n) is 9.83. The number of piperidine rings is 1. The van der Waals surface area contributed by atoms with Crippen LogP contribution in [0.2, 0.25) is 0 Å². The molecule has 0 unspecified atom stereocenters. The minimum absolute atomic E-state index is 0.0225. The zero-order chi connectivity index (χ0) is 20.2. The lowest BCUT2D eigenvalue weighted by molar-refractivity contribution is -0.132. The van der Waals surface area contributed by atoms with Crippen molar-refractivity contribution in [1.29, 1.82) is 0 Å². The first-order chi connectivity index (χ1) is 14.1. The lowest BCUT2D eigenvalue weighted by atomic mass is 10.1. The van der Waals surface area contributed by atoms with E-state index in [2.05, 4.69) is 5.32 Å². The van der Waals surface area contributed by atoms with Crippen LogP contribution >= 0.6 is 0 Å². The number of nitrogens with zero attached hydrogens (tertiary/aromatic N) is 2. The average molecular weight is 393 g/mol. The Morgan fingerprint density at radius 3 is 2.52 bits per heavy atom. The molecule has 0 radical (unpaired) electrons. The van der Waals surface area contributed by atoms with Gasteiger partial charge in [0.15, 0.2) is 6.61 Å². The van der Waals surface area contributed by atoms with Crippen LogP contribution in [0.3, 0.4) is 0 Å². The molecule has 1 N–H and O–H groups in total. The van der Waals surface area contributed by atoms with Crippen LogP contribution < -0.4 is 15.0 Å². The number of anilines is 2. The summed E-state index contributed by atoms with van der Waals surface area (Å²) in [5, 5.41) is 2.83. The van der Waals surface area contributed by atoms with E-state index in [9.17, 15) is 14.4 Å². The Bertz CT molecular complexity index is 923. The van der Waals surface area contributed by atoms with Crippen LogP contribution in [0, 0.1) is 0 Å². The van der Waals surface area contributed by atoms with Gasteiger partial charge in [-0.3, -0.25) is 19.3 Å². The SMILES string of the molecule is O=C(Nc1ccc2c(c1)N(CC(=O)N1CCCCC1)C(=O)CO2)c1ccccc1. The van der Waals surface area contributed by atoms with Crippen molar-refractivity contribution in [1.82, 2.24) is 4.90 Å². The van der Waals surface area contributed by atoms with Crippen molar-refractivity contribution in [2.45, 2.75) is 19.3 Å². The van der Waals surface area contributed by atoms with Gasteiger partial charge in [0.05, 0.1) is 5.69 Å². The molecule has 29 heavy (non-hydrogen) atoms. The van der Waals surface area contributed by atoms with Gasteiger partial charge in [-0.2, -0.15) is 0 Å². The maximum atomic E-state index is 12.7. The van der Waals surface area contributed by atoms with E-state index in [1.165, 1.54) is 4.90 Å². The Balaban J connectivity index is 1.53. The summed E-state index contributed by atoms with van der Waals surface area (Å²) in [5.74, 6) is -0.0580. The van der Waals surface area contributed by atoms with Gasteiger partial charge in [-0.25, -0.2) is 0 Å². The Hall–Kier alpha value is -3.35. The van der Waals surface area contributed by atoms with E-state index in [1.807, 2.05) is 11.0 Å². The molecule has 1 saturated heterocycles. The Morgan fingerprint density at radius 2 is 1.76 bits per heavy atom. The molecule has 0 saturated carbocycles. The van der Waals surface area contributed by atoms with Crippen molar-refractivity contribution in [2.75, 3.05) is 36.5 Å². The largest absolute Gasteiger partial charge is 0.482 e. The second-order valence-electron chi connectivity index (χ2n) is 7.21. The lowest BCUT2D eigenvalue weighted by Gasteiger charge is -2.33. The van der Waals surface area contributed by atoms with Gasteiger partial charge in [-0.05, 0) is 49.6 Å². The summed E-state index contributed by atoms with van der Waals surface area (Å²) < 4.78 is 5.51. The standard InChI is InChI=1S/C22H23N3O4/c26-20(24-11-5-2-6-12-24)14-25-18-13-17(9-10-19(18)29-15-21(25)27)23-22(28)16-7-3-1-4-8-16/h1,3-4,7-10,13H,2,5-6,11-12,14-15H2,(H,23,28). The number of carbonyl (C=O) groups is 3. The fourth-order valence-electron chi connectivity index (χ4n) is 3.62. The fourth-order valence-corrected chi connectivity index (χ4v) is 3.62. The van der Waals surface area contributed by atoms with Crippen molar-refractivity contribution < 1.29 is 19.1 Å². The number of amides is 3. The predicted octanol–water partition coefficient (Wildman–Crippen LogP) is 2.68. The third-order valence-corrected chi connectivity index (χ3v) is 5.20. The molecule has 0 aliphatic carbocycles. The molecule has 2 aromatic carbocycles. The molecule has 2 aliphatic rings. The van der Waals surface area contributed by atoms with E-state index in [4.69, 9.17) is 4.74 Å². The molecule has 2 aromatic rings. The molecule has 2 heterocycles. The lowest BCUT2D eigenvalue weighted by Crippen LogP contribution is -2.47. The molecule has 7 heteroatoms. The number of carbonyl (C=O) groups excluding carboxylic acids is 3. The van der Waals surface area contributed by atoms with Gasteiger partial charge >= 0.3 is 0 Å². The summed E-state index contributed by atoms with van der Waals surface area (Å²) in [6.07, 6.45) is 3.12. The number of rotatable bonds is 4. The Morgan fingerprint density at radius 1 is 1.00 bits per heavy atom. The third-order valence-electron chi connectivity index (χ3n) is 5.20. The highest BCUT2D eigenvalue weighted by atomic mass is 16.5. The van der Waals surface area contributed by atoms with Crippen LogP contribution in [0.4, 0.5) is 11.4 Å². The zero-order valence-corrected chi connectivity index (χ0v) is 16.1. The summed E-state index contributed by atoms with van der Waals surface area (Å²) in [5.41, 5.74) is 1.57. The van der Waals surface area contributed by atoms with Crippen LogP contribution in [-0.2, 0) is 9.59 Å². The summed E-state index contributed by atoms with van der Waals surface area (Å²) in [4.78, 5) is 40.9. The molecule has 1 fully saturated rings. The first kappa shape index (κ1) is 19.0. The van der Waals surface area contributed by atoms with E-state index < -0.39 is 0 Å². The van der Waals surface area contributed by atoms with Gasteiger partial charge in [0.1, 0.15) is 12.3 Å². The maximum Gasteiger partial charge on any atom is 0.265 e. The average Bonchev–Trinajstić information content (AvgIpc) is 2.77.